The molecule has 21 heavy (non-hydrogen) atoms. The summed E-state index contributed by atoms with van der Waals surface area (Å²) >= 11 is 0. The molecule has 2 N–H and O–H groups in total. The molecule has 0 radical (unpaired) electrons. The number of hydrogen-bond donors (Lipinski definition) is 1. The fourth-order valence-corrected chi connectivity index (χ4v) is 4.06. The van der Waals surface area contributed by atoms with Gasteiger partial charge in [-0.3, -0.25) is 0 Å². The van der Waals surface area contributed by atoms with E-state index in [-0.39, 0.29) is 6.04 Å². The van der Waals surface area contributed by atoms with Gasteiger partial charge in [0.1, 0.15) is 0 Å². The van der Waals surface area contributed by atoms with Crippen molar-refractivity contribution in [2.45, 2.75) is 58.4 Å². The highest BCUT2D eigenvalue weighted by Crippen LogP contribution is 2.37. The smallest absolute Gasteiger partial charge is 0.0329 e. The van der Waals surface area contributed by atoms with Crippen LogP contribution in [0.2, 0.25) is 0 Å². The number of benzene rings is 2. The summed E-state index contributed by atoms with van der Waals surface area (Å²) in [5.41, 5.74) is 11.1. The molecule has 0 saturated carbocycles. The largest absolute Gasteiger partial charge is 0.324 e. The highest BCUT2D eigenvalue weighted by atomic mass is 14.7. The van der Waals surface area contributed by atoms with E-state index in [4.69, 9.17) is 5.73 Å². The molecule has 1 nitrogen and oxygen atoms in total. The van der Waals surface area contributed by atoms with Gasteiger partial charge in [0, 0.05) is 6.04 Å². The zero-order chi connectivity index (χ0) is 14.8. The van der Waals surface area contributed by atoms with Crippen molar-refractivity contribution in [3.05, 3.63) is 47.0 Å². The van der Waals surface area contributed by atoms with E-state index in [1.165, 1.54) is 66.0 Å². The van der Waals surface area contributed by atoms with Gasteiger partial charge < -0.3 is 5.73 Å². The molecule has 0 fully saturated rings. The van der Waals surface area contributed by atoms with E-state index >= 15 is 0 Å². The van der Waals surface area contributed by atoms with Crippen molar-refractivity contribution in [1.82, 2.24) is 0 Å². The molecule has 1 atom stereocenters. The van der Waals surface area contributed by atoms with E-state index in [0.29, 0.717) is 5.92 Å². The lowest BCUT2D eigenvalue weighted by molar-refractivity contribution is 0.370. The average Bonchev–Trinajstić information content (AvgIpc) is 2.92. The molecule has 112 valence electrons. The first-order valence-corrected chi connectivity index (χ1v) is 8.55. The topological polar surface area (TPSA) is 26.0 Å². The van der Waals surface area contributed by atoms with Crippen LogP contribution in [0.1, 0.15) is 62.3 Å². The van der Waals surface area contributed by atoms with Crippen LogP contribution in [0.4, 0.5) is 0 Å². The molecule has 0 aliphatic heterocycles. The Morgan fingerprint density at radius 2 is 1.62 bits per heavy atom. The highest BCUT2D eigenvalue weighted by Gasteiger charge is 2.22. The van der Waals surface area contributed by atoms with Gasteiger partial charge in [-0.25, -0.2) is 0 Å². The van der Waals surface area contributed by atoms with Gasteiger partial charge in [0.05, 0.1) is 0 Å². The Morgan fingerprint density at radius 1 is 0.952 bits per heavy atom. The minimum Gasteiger partial charge on any atom is -0.324 e. The summed E-state index contributed by atoms with van der Waals surface area (Å²) in [5, 5.41) is 2.91. The van der Waals surface area contributed by atoms with E-state index in [9.17, 15) is 0 Å². The maximum Gasteiger partial charge on any atom is 0.0329 e. The van der Waals surface area contributed by atoms with Gasteiger partial charge in [-0.2, -0.15) is 0 Å². The zero-order valence-electron chi connectivity index (χ0n) is 13.4. The molecular weight excluding hydrogens is 254 g/mol. The summed E-state index contributed by atoms with van der Waals surface area (Å²) < 4.78 is 0. The standard InChI is InChI=1S/C20H27N/c1-3-6-16(7-4-2)20(21)18-13-12-15-11-10-14-8-5-9-17(18)19(14)15/h5,8-9,12-13,16,20H,3-4,6-7,10-11,21H2,1-2H3. The lowest BCUT2D eigenvalue weighted by atomic mass is 9.84. The minimum absolute atomic E-state index is 0.176. The minimum atomic E-state index is 0.176. The highest BCUT2D eigenvalue weighted by molar-refractivity contribution is 5.93. The van der Waals surface area contributed by atoms with Crippen LogP contribution in [0, 0.1) is 5.92 Å². The lowest BCUT2D eigenvalue weighted by Gasteiger charge is -2.25. The fourth-order valence-electron chi connectivity index (χ4n) is 4.06. The van der Waals surface area contributed by atoms with Crippen LogP contribution in [0.3, 0.4) is 0 Å². The molecule has 3 rings (SSSR count). The summed E-state index contributed by atoms with van der Waals surface area (Å²) in [4.78, 5) is 0. The van der Waals surface area contributed by atoms with Crippen molar-refractivity contribution in [2.24, 2.45) is 11.7 Å². The SMILES string of the molecule is CCCC(CCC)C(N)c1ccc2c3c(cccc13)CC2. The van der Waals surface area contributed by atoms with E-state index in [2.05, 4.69) is 44.2 Å². The summed E-state index contributed by atoms with van der Waals surface area (Å²) in [6.45, 7) is 4.53. The molecule has 2 aromatic carbocycles. The van der Waals surface area contributed by atoms with Crippen molar-refractivity contribution in [1.29, 1.82) is 0 Å². The maximum atomic E-state index is 6.70. The number of rotatable bonds is 6. The van der Waals surface area contributed by atoms with Crippen LogP contribution < -0.4 is 5.73 Å². The van der Waals surface area contributed by atoms with Gasteiger partial charge in [0.15, 0.2) is 0 Å². The van der Waals surface area contributed by atoms with Crippen molar-refractivity contribution in [2.75, 3.05) is 0 Å². The fraction of sp³-hybridized carbons (Fsp3) is 0.500. The van der Waals surface area contributed by atoms with E-state index in [0.717, 1.165) is 0 Å². The van der Waals surface area contributed by atoms with Gasteiger partial charge in [-0.15, -0.1) is 0 Å². The molecule has 0 saturated heterocycles. The Labute approximate surface area is 128 Å². The Morgan fingerprint density at radius 3 is 2.29 bits per heavy atom. The van der Waals surface area contributed by atoms with E-state index < -0.39 is 0 Å². The Bertz CT molecular complexity index is 613. The normalized spacial score (nSPS) is 15.0. The molecule has 0 amide bonds. The summed E-state index contributed by atoms with van der Waals surface area (Å²) in [6.07, 6.45) is 7.30. The van der Waals surface area contributed by atoms with Gasteiger partial charge in [-0.05, 0) is 59.1 Å². The van der Waals surface area contributed by atoms with Crippen molar-refractivity contribution >= 4 is 10.8 Å². The quantitative estimate of drug-likeness (QED) is 0.778. The van der Waals surface area contributed by atoms with Gasteiger partial charge in [-0.1, -0.05) is 57.0 Å². The van der Waals surface area contributed by atoms with Crippen LogP contribution in [0.25, 0.3) is 10.8 Å². The Hall–Kier alpha value is -1.34. The zero-order valence-corrected chi connectivity index (χ0v) is 13.4. The van der Waals surface area contributed by atoms with Crippen molar-refractivity contribution in [3.63, 3.8) is 0 Å². The first-order valence-electron chi connectivity index (χ1n) is 8.55. The van der Waals surface area contributed by atoms with Crippen LogP contribution >= 0.6 is 0 Å². The van der Waals surface area contributed by atoms with Crippen LogP contribution in [0.15, 0.2) is 30.3 Å². The van der Waals surface area contributed by atoms with Crippen LogP contribution in [-0.4, -0.2) is 0 Å². The average molecular weight is 281 g/mol. The van der Waals surface area contributed by atoms with Gasteiger partial charge in [0.2, 0.25) is 0 Å². The maximum absolute atomic E-state index is 6.70. The molecule has 0 heterocycles. The second-order valence-electron chi connectivity index (χ2n) is 6.52. The van der Waals surface area contributed by atoms with Crippen molar-refractivity contribution in [3.8, 4) is 0 Å². The number of aryl methyl sites for hydroxylation is 2. The first kappa shape index (κ1) is 14.6. The van der Waals surface area contributed by atoms with E-state index in [1.807, 2.05) is 0 Å². The second-order valence-corrected chi connectivity index (χ2v) is 6.52. The van der Waals surface area contributed by atoms with Gasteiger partial charge in [0.25, 0.3) is 0 Å². The predicted molar refractivity (Wildman–Crippen MR) is 91.6 cm³/mol. The second kappa shape index (κ2) is 6.19. The number of nitrogens with two attached hydrogens (primary N) is 1. The van der Waals surface area contributed by atoms with Crippen LogP contribution in [0.5, 0.6) is 0 Å². The lowest BCUT2D eigenvalue weighted by Crippen LogP contribution is -2.21. The summed E-state index contributed by atoms with van der Waals surface area (Å²) in [5.74, 6) is 0.610. The molecular formula is C20H27N. The third-order valence-corrected chi connectivity index (χ3v) is 5.10. The molecule has 0 bridgehead atoms. The van der Waals surface area contributed by atoms with Crippen molar-refractivity contribution < 1.29 is 0 Å². The first-order chi connectivity index (χ1) is 10.3. The third kappa shape index (κ3) is 2.60. The Kier molecular flexibility index (Phi) is 4.30. The molecule has 2 aromatic rings. The molecule has 0 aromatic heterocycles. The molecule has 1 unspecified atom stereocenters. The predicted octanol–water partition coefficient (Wildman–Crippen LogP) is 5.15. The van der Waals surface area contributed by atoms with Crippen LogP contribution in [-0.2, 0) is 12.8 Å². The monoisotopic (exact) mass is 281 g/mol. The molecule has 1 aliphatic carbocycles. The summed E-state index contributed by atoms with van der Waals surface area (Å²) in [6, 6.07) is 11.6. The van der Waals surface area contributed by atoms with Gasteiger partial charge >= 0.3 is 0 Å². The third-order valence-electron chi connectivity index (χ3n) is 5.10. The summed E-state index contributed by atoms with van der Waals surface area (Å²) in [7, 11) is 0. The molecule has 1 aliphatic rings. The molecule has 1 heteroatoms. The Balaban J connectivity index is 2.04. The van der Waals surface area contributed by atoms with E-state index in [1.54, 1.807) is 0 Å². The molecule has 0 spiro atoms. The number of hydrogen-bond acceptors (Lipinski definition) is 1.